The van der Waals surface area contributed by atoms with Gasteiger partial charge in [-0.15, -0.1) is 5.10 Å². The lowest BCUT2D eigenvalue weighted by molar-refractivity contribution is -0.384. The third-order valence-electron chi connectivity index (χ3n) is 3.01. The van der Waals surface area contributed by atoms with Crippen LogP contribution in [-0.4, -0.2) is 40.9 Å². The van der Waals surface area contributed by atoms with E-state index in [0.29, 0.717) is 25.3 Å². The molecule has 18 heavy (non-hydrogen) atoms. The molecule has 0 amide bonds. The lowest BCUT2D eigenvalue weighted by Gasteiger charge is -2.13. The van der Waals surface area contributed by atoms with Gasteiger partial charge in [0.2, 0.25) is 5.82 Å². The predicted molar refractivity (Wildman–Crippen MR) is 62.2 cm³/mol. The minimum absolute atomic E-state index is 0.0389. The first-order valence-electron chi connectivity index (χ1n) is 5.53. The molecule has 0 saturated carbocycles. The number of carbonyl (C=O) groups excluding carboxylic acids is 1. The maximum absolute atomic E-state index is 11.4. The molecule has 1 aromatic heterocycles. The van der Waals surface area contributed by atoms with E-state index in [1.165, 1.54) is 18.0 Å². The zero-order chi connectivity index (χ0) is 13.3. The Morgan fingerprint density at radius 1 is 1.67 bits per heavy atom. The van der Waals surface area contributed by atoms with Crippen LogP contribution in [0.15, 0.2) is 6.20 Å². The molecular weight excluding hydrogens is 240 g/mol. The first-order valence-corrected chi connectivity index (χ1v) is 5.53. The van der Waals surface area contributed by atoms with Gasteiger partial charge in [0.25, 0.3) is 0 Å². The van der Waals surface area contributed by atoms with Crippen LogP contribution in [0.2, 0.25) is 0 Å². The number of hydrogen-bond donors (Lipinski definition) is 0. The van der Waals surface area contributed by atoms with Crippen molar-refractivity contribution in [3.05, 3.63) is 16.3 Å². The van der Waals surface area contributed by atoms with E-state index in [4.69, 9.17) is 0 Å². The fourth-order valence-corrected chi connectivity index (χ4v) is 2.13. The minimum Gasteiger partial charge on any atom is -0.469 e. The molecule has 2 rings (SSSR count). The minimum atomic E-state index is -0.464. The van der Waals surface area contributed by atoms with Crippen molar-refractivity contribution < 1.29 is 14.5 Å². The first kappa shape index (κ1) is 12.3. The van der Waals surface area contributed by atoms with Crippen molar-refractivity contribution in [1.29, 1.82) is 0 Å². The number of nitrogens with zero attached hydrogens (tertiary/aromatic N) is 4. The predicted octanol–water partition coefficient (Wildman–Crippen LogP) is 0.328. The van der Waals surface area contributed by atoms with Gasteiger partial charge in [-0.1, -0.05) is 0 Å². The van der Waals surface area contributed by atoms with Crippen LogP contribution in [0.4, 0.5) is 11.5 Å². The largest absolute Gasteiger partial charge is 0.469 e. The van der Waals surface area contributed by atoms with Gasteiger partial charge >= 0.3 is 11.7 Å². The topological polar surface area (TPSA) is 90.5 Å². The van der Waals surface area contributed by atoms with E-state index in [2.05, 4.69) is 9.84 Å². The number of methoxy groups -OCH3 is 1. The number of nitro groups is 1. The highest BCUT2D eigenvalue weighted by Crippen LogP contribution is 2.30. The second-order valence-electron chi connectivity index (χ2n) is 4.22. The van der Waals surface area contributed by atoms with Crippen molar-refractivity contribution in [3.8, 4) is 0 Å². The highest BCUT2D eigenvalue weighted by atomic mass is 16.6. The molecule has 0 aromatic carbocycles. The summed E-state index contributed by atoms with van der Waals surface area (Å²) >= 11 is 0. The zero-order valence-electron chi connectivity index (χ0n) is 10.2. The van der Waals surface area contributed by atoms with Gasteiger partial charge in [0, 0.05) is 20.1 Å². The Bertz CT molecular complexity index is 484. The van der Waals surface area contributed by atoms with Crippen LogP contribution in [0.1, 0.15) is 6.42 Å². The van der Waals surface area contributed by atoms with Crippen LogP contribution in [0.25, 0.3) is 0 Å². The molecule has 0 bridgehead atoms. The molecule has 8 heteroatoms. The van der Waals surface area contributed by atoms with Crippen LogP contribution >= 0.6 is 0 Å². The van der Waals surface area contributed by atoms with E-state index < -0.39 is 4.92 Å². The van der Waals surface area contributed by atoms with Crippen molar-refractivity contribution in [1.82, 2.24) is 9.78 Å². The Kier molecular flexibility index (Phi) is 3.17. The molecule has 1 saturated heterocycles. The smallest absolute Gasteiger partial charge is 0.330 e. The van der Waals surface area contributed by atoms with Gasteiger partial charge in [-0.25, -0.2) is 0 Å². The number of ether oxygens (including phenoxy) is 1. The van der Waals surface area contributed by atoms with Gasteiger partial charge in [-0.2, -0.15) is 0 Å². The van der Waals surface area contributed by atoms with Crippen LogP contribution < -0.4 is 4.90 Å². The fourth-order valence-electron chi connectivity index (χ4n) is 2.13. The van der Waals surface area contributed by atoms with E-state index in [1.807, 2.05) is 0 Å². The third-order valence-corrected chi connectivity index (χ3v) is 3.01. The van der Waals surface area contributed by atoms with Crippen LogP contribution in [-0.2, 0) is 16.6 Å². The SMILES string of the molecule is COC(=O)C1CCN(c2nn(C)cc2[N+](=O)[O-])C1. The molecule has 1 aromatic rings. The second-order valence-corrected chi connectivity index (χ2v) is 4.22. The number of aromatic nitrogens is 2. The van der Waals surface area contributed by atoms with Gasteiger partial charge in [0.05, 0.1) is 18.0 Å². The van der Waals surface area contributed by atoms with Crippen molar-refractivity contribution in [3.63, 3.8) is 0 Å². The van der Waals surface area contributed by atoms with Crippen molar-refractivity contribution in [2.24, 2.45) is 13.0 Å². The molecule has 2 heterocycles. The molecule has 1 aliphatic heterocycles. The van der Waals surface area contributed by atoms with E-state index in [9.17, 15) is 14.9 Å². The average Bonchev–Trinajstić information content (AvgIpc) is 2.93. The van der Waals surface area contributed by atoms with Crippen molar-refractivity contribution in [2.45, 2.75) is 6.42 Å². The molecule has 1 aliphatic rings. The summed E-state index contributed by atoms with van der Waals surface area (Å²) in [6, 6.07) is 0. The number of aryl methyl sites for hydroxylation is 1. The summed E-state index contributed by atoms with van der Waals surface area (Å²) < 4.78 is 6.08. The molecule has 0 spiro atoms. The van der Waals surface area contributed by atoms with E-state index in [0.717, 1.165) is 0 Å². The molecule has 0 aliphatic carbocycles. The Morgan fingerprint density at radius 2 is 2.39 bits per heavy atom. The number of esters is 1. The summed E-state index contributed by atoms with van der Waals surface area (Å²) in [5, 5.41) is 15.0. The van der Waals surface area contributed by atoms with Crippen molar-refractivity contribution >= 4 is 17.5 Å². The van der Waals surface area contributed by atoms with Gasteiger partial charge < -0.3 is 9.64 Å². The summed E-state index contributed by atoms with van der Waals surface area (Å²) in [4.78, 5) is 23.6. The summed E-state index contributed by atoms with van der Waals surface area (Å²) in [5.74, 6) is -0.207. The van der Waals surface area contributed by atoms with Gasteiger partial charge in [0.1, 0.15) is 6.20 Å². The molecule has 1 fully saturated rings. The maximum atomic E-state index is 11.4. The normalized spacial score (nSPS) is 19.0. The Balaban J connectivity index is 2.19. The molecule has 0 radical (unpaired) electrons. The number of carbonyl (C=O) groups is 1. The molecule has 1 atom stereocenters. The standard InChI is InChI=1S/C10H14N4O4/c1-12-6-8(14(16)17)9(11-12)13-4-3-7(5-13)10(15)18-2/h6-7H,3-5H2,1-2H3. The number of anilines is 1. The summed E-state index contributed by atoms with van der Waals surface area (Å²) in [7, 11) is 2.97. The number of rotatable bonds is 3. The Labute approximate surface area is 103 Å². The highest BCUT2D eigenvalue weighted by molar-refractivity contribution is 5.74. The maximum Gasteiger partial charge on any atom is 0.330 e. The van der Waals surface area contributed by atoms with Gasteiger partial charge in [0.15, 0.2) is 0 Å². The molecule has 1 unspecified atom stereocenters. The molecular formula is C10H14N4O4. The monoisotopic (exact) mass is 254 g/mol. The third kappa shape index (κ3) is 2.13. The highest BCUT2D eigenvalue weighted by Gasteiger charge is 2.34. The van der Waals surface area contributed by atoms with Gasteiger partial charge in [-0.05, 0) is 6.42 Å². The van der Waals surface area contributed by atoms with Crippen LogP contribution in [0, 0.1) is 16.0 Å². The average molecular weight is 254 g/mol. The lowest BCUT2D eigenvalue weighted by Crippen LogP contribution is -2.24. The fraction of sp³-hybridized carbons (Fsp3) is 0.600. The van der Waals surface area contributed by atoms with E-state index >= 15 is 0 Å². The summed E-state index contributed by atoms with van der Waals surface area (Å²) in [5.41, 5.74) is -0.0389. The summed E-state index contributed by atoms with van der Waals surface area (Å²) in [6.45, 7) is 0.974. The van der Waals surface area contributed by atoms with Gasteiger partial charge in [-0.3, -0.25) is 19.6 Å². The first-order chi connectivity index (χ1) is 8.52. The van der Waals surface area contributed by atoms with Crippen molar-refractivity contribution in [2.75, 3.05) is 25.1 Å². The van der Waals surface area contributed by atoms with E-state index in [-0.39, 0.29) is 17.6 Å². The second kappa shape index (κ2) is 4.63. The molecule has 0 N–H and O–H groups in total. The van der Waals surface area contributed by atoms with E-state index in [1.54, 1.807) is 11.9 Å². The van der Waals surface area contributed by atoms with Crippen LogP contribution in [0.5, 0.6) is 0 Å². The summed E-state index contributed by atoms with van der Waals surface area (Å²) in [6.07, 6.45) is 1.99. The van der Waals surface area contributed by atoms with Crippen LogP contribution in [0.3, 0.4) is 0 Å². The Hall–Kier alpha value is -2.12. The molecule has 8 nitrogen and oxygen atoms in total. The zero-order valence-corrected chi connectivity index (χ0v) is 10.2. The lowest BCUT2D eigenvalue weighted by atomic mass is 10.1. The molecule has 98 valence electrons. The number of hydrogen-bond acceptors (Lipinski definition) is 6. The quantitative estimate of drug-likeness (QED) is 0.438. The Morgan fingerprint density at radius 3 is 3.00 bits per heavy atom.